The third-order valence-electron chi connectivity index (χ3n) is 4.39. The maximum atomic E-state index is 10.3. The molecule has 0 spiro atoms. The summed E-state index contributed by atoms with van der Waals surface area (Å²) in [6, 6.07) is 1.21. The highest BCUT2D eigenvalue weighted by Gasteiger charge is 2.34. The maximum Gasteiger partial charge on any atom is 0.0869 e. The highest BCUT2D eigenvalue weighted by atomic mass is 32.2. The second kappa shape index (κ2) is 5.47. The molecule has 4 atom stereocenters. The molecule has 2 fully saturated rings. The fourth-order valence-electron chi connectivity index (χ4n) is 2.88. The van der Waals surface area contributed by atoms with Gasteiger partial charge in [0.25, 0.3) is 0 Å². The minimum Gasteiger partial charge on any atom is -0.388 e. The molecule has 0 aromatic carbocycles. The monoisotopic (exact) mass is 258 g/mol. The number of nitrogens with zero attached hydrogens (tertiary/aromatic N) is 1. The number of likely N-dealkylation sites (tertiary alicyclic amines) is 1. The Balaban J connectivity index is 1.82. The Morgan fingerprint density at radius 1 is 1.47 bits per heavy atom. The first-order valence-corrected chi connectivity index (χ1v) is 7.89. The SMILES string of the molecule is CC1CN(C)C(C)CC1NCC1(O)CCSC1. The fourth-order valence-corrected chi connectivity index (χ4v) is 4.18. The van der Waals surface area contributed by atoms with Crippen LogP contribution in [0.1, 0.15) is 26.7 Å². The molecule has 3 nitrogen and oxygen atoms in total. The molecule has 4 unspecified atom stereocenters. The molecule has 2 N–H and O–H groups in total. The Bertz CT molecular complexity index is 256. The number of hydrogen-bond acceptors (Lipinski definition) is 4. The van der Waals surface area contributed by atoms with E-state index in [0.29, 0.717) is 18.0 Å². The second-order valence-corrected chi connectivity index (χ2v) is 7.12. The van der Waals surface area contributed by atoms with Crippen molar-refractivity contribution in [2.75, 3.05) is 31.6 Å². The molecule has 2 rings (SSSR count). The van der Waals surface area contributed by atoms with Crippen molar-refractivity contribution in [3.05, 3.63) is 0 Å². The van der Waals surface area contributed by atoms with E-state index in [1.54, 1.807) is 0 Å². The molecule has 4 heteroatoms. The molecule has 2 aliphatic heterocycles. The van der Waals surface area contributed by atoms with Crippen molar-refractivity contribution in [3.8, 4) is 0 Å². The summed E-state index contributed by atoms with van der Waals surface area (Å²) >= 11 is 1.87. The average Bonchev–Trinajstić information content (AvgIpc) is 2.69. The van der Waals surface area contributed by atoms with Crippen LogP contribution in [0.25, 0.3) is 0 Å². The molecule has 0 amide bonds. The predicted octanol–water partition coefficient (Wildman–Crippen LogP) is 1.17. The van der Waals surface area contributed by atoms with E-state index in [9.17, 15) is 5.11 Å². The Morgan fingerprint density at radius 2 is 2.24 bits per heavy atom. The van der Waals surface area contributed by atoms with Crippen LogP contribution in [-0.2, 0) is 0 Å². The Morgan fingerprint density at radius 3 is 2.88 bits per heavy atom. The van der Waals surface area contributed by atoms with Crippen LogP contribution in [0.3, 0.4) is 0 Å². The first-order valence-electron chi connectivity index (χ1n) is 6.74. The number of rotatable bonds is 3. The van der Waals surface area contributed by atoms with E-state index in [1.807, 2.05) is 11.8 Å². The number of piperidine rings is 1. The third kappa shape index (κ3) is 3.37. The van der Waals surface area contributed by atoms with Crippen molar-refractivity contribution in [2.24, 2.45) is 5.92 Å². The molecule has 0 saturated carbocycles. The molecule has 0 aromatic heterocycles. The van der Waals surface area contributed by atoms with E-state index >= 15 is 0 Å². The van der Waals surface area contributed by atoms with Crippen molar-refractivity contribution in [1.82, 2.24) is 10.2 Å². The van der Waals surface area contributed by atoms with Crippen molar-refractivity contribution in [3.63, 3.8) is 0 Å². The van der Waals surface area contributed by atoms with Gasteiger partial charge in [-0.2, -0.15) is 11.8 Å². The molecule has 0 radical (unpaired) electrons. The molecular weight excluding hydrogens is 232 g/mol. The zero-order valence-electron chi connectivity index (χ0n) is 11.3. The highest BCUT2D eigenvalue weighted by molar-refractivity contribution is 7.99. The van der Waals surface area contributed by atoms with Crippen LogP contribution in [0.4, 0.5) is 0 Å². The number of thioether (sulfide) groups is 1. The third-order valence-corrected chi connectivity index (χ3v) is 5.62. The highest BCUT2D eigenvalue weighted by Crippen LogP contribution is 2.28. The average molecular weight is 258 g/mol. The van der Waals surface area contributed by atoms with Crippen molar-refractivity contribution in [2.45, 2.75) is 44.4 Å². The fraction of sp³-hybridized carbons (Fsp3) is 1.00. The van der Waals surface area contributed by atoms with Gasteiger partial charge in [-0.15, -0.1) is 0 Å². The van der Waals surface area contributed by atoms with Crippen LogP contribution in [0, 0.1) is 5.92 Å². The van der Waals surface area contributed by atoms with E-state index in [1.165, 1.54) is 6.42 Å². The van der Waals surface area contributed by atoms with E-state index < -0.39 is 5.60 Å². The van der Waals surface area contributed by atoms with Gasteiger partial charge in [-0.05, 0) is 38.5 Å². The number of hydrogen-bond donors (Lipinski definition) is 2. The summed E-state index contributed by atoms with van der Waals surface area (Å²) in [6.07, 6.45) is 2.14. The summed E-state index contributed by atoms with van der Waals surface area (Å²) in [5.41, 5.74) is -0.447. The van der Waals surface area contributed by atoms with Gasteiger partial charge in [0.15, 0.2) is 0 Å². The van der Waals surface area contributed by atoms with Gasteiger partial charge in [0.1, 0.15) is 0 Å². The van der Waals surface area contributed by atoms with E-state index in [0.717, 1.165) is 31.0 Å². The molecular formula is C13H26N2OS. The molecule has 0 aliphatic carbocycles. The Hall–Kier alpha value is 0.230. The molecule has 17 heavy (non-hydrogen) atoms. The van der Waals surface area contributed by atoms with Crippen LogP contribution in [-0.4, -0.2) is 59.3 Å². The van der Waals surface area contributed by atoms with Gasteiger partial charge in [-0.3, -0.25) is 0 Å². The minimum absolute atomic E-state index is 0.447. The van der Waals surface area contributed by atoms with E-state index in [2.05, 4.69) is 31.1 Å². The lowest BCUT2D eigenvalue weighted by atomic mass is 9.89. The summed E-state index contributed by atoms with van der Waals surface area (Å²) in [7, 11) is 2.21. The van der Waals surface area contributed by atoms with Crippen LogP contribution in [0.5, 0.6) is 0 Å². The first kappa shape index (κ1) is 13.7. The van der Waals surface area contributed by atoms with Gasteiger partial charge in [0.2, 0.25) is 0 Å². The predicted molar refractivity (Wildman–Crippen MR) is 74.6 cm³/mol. The zero-order chi connectivity index (χ0) is 12.5. The summed E-state index contributed by atoms with van der Waals surface area (Å²) in [5, 5.41) is 13.9. The summed E-state index contributed by atoms with van der Waals surface area (Å²) < 4.78 is 0. The van der Waals surface area contributed by atoms with Gasteiger partial charge >= 0.3 is 0 Å². The second-order valence-electron chi connectivity index (χ2n) is 6.02. The van der Waals surface area contributed by atoms with Crippen LogP contribution >= 0.6 is 11.8 Å². The quantitative estimate of drug-likeness (QED) is 0.797. The van der Waals surface area contributed by atoms with Gasteiger partial charge in [0, 0.05) is 30.9 Å². The number of aliphatic hydroxyl groups is 1. The van der Waals surface area contributed by atoms with Crippen molar-refractivity contribution in [1.29, 1.82) is 0 Å². The van der Waals surface area contributed by atoms with Gasteiger partial charge in [-0.1, -0.05) is 6.92 Å². The Kier molecular flexibility index (Phi) is 4.40. The lowest BCUT2D eigenvalue weighted by Crippen LogP contribution is -2.54. The van der Waals surface area contributed by atoms with Crippen LogP contribution < -0.4 is 5.32 Å². The number of nitrogens with one attached hydrogen (secondary N) is 1. The molecule has 0 aromatic rings. The molecule has 0 bridgehead atoms. The van der Waals surface area contributed by atoms with E-state index in [-0.39, 0.29) is 0 Å². The van der Waals surface area contributed by atoms with Crippen molar-refractivity contribution >= 4 is 11.8 Å². The summed E-state index contributed by atoms with van der Waals surface area (Å²) in [4.78, 5) is 2.43. The smallest absolute Gasteiger partial charge is 0.0869 e. The van der Waals surface area contributed by atoms with E-state index in [4.69, 9.17) is 0 Å². The zero-order valence-corrected chi connectivity index (χ0v) is 12.1. The van der Waals surface area contributed by atoms with Gasteiger partial charge in [0.05, 0.1) is 5.60 Å². The molecule has 100 valence electrons. The Labute approximate surface area is 109 Å². The first-order chi connectivity index (χ1) is 8.00. The molecule has 2 aliphatic rings. The standard InChI is InChI=1S/C13H26N2OS/c1-10-7-15(3)11(2)6-12(10)14-8-13(16)4-5-17-9-13/h10-12,14,16H,4-9H2,1-3H3. The van der Waals surface area contributed by atoms with Gasteiger partial charge < -0.3 is 15.3 Å². The summed E-state index contributed by atoms with van der Waals surface area (Å²) in [5.74, 6) is 2.68. The van der Waals surface area contributed by atoms with Crippen molar-refractivity contribution < 1.29 is 5.11 Å². The topological polar surface area (TPSA) is 35.5 Å². The van der Waals surface area contributed by atoms with Gasteiger partial charge in [-0.25, -0.2) is 0 Å². The minimum atomic E-state index is -0.447. The molecule has 2 saturated heterocycles. The summed E-state index contributed by atoms with van der Waals surface area (Å²) in [6.45, 7) is 6.53. The van der Waals surface area contributed by atoms with Crippen LogP contribution in [0.15, 0.2) is 0 Å². The maximum absolute atomic E-state index is 10.3. The lowest BCUT2D eigenvalue weighted by Gasteiger charge is -2.41. The normalized spacial score (nSPS) is 44.1. The lowest BCUT2D eigenvalue weighted by molar-refractivity contribution is 0.0510. The largest absolute Gasteiger partial charge is 0.388 e. The van der Waals surface area contributed by atoms with Crippen LogP contribution in [0.2, 0.25) is 0 Å². The molecule has 2 heterocycles.